The van der Waals surface area contributed by atoms with E-state index >= 15 is 0 Å². The Hall–Kier alpha value is -2.04. The van der Waals surface area contributed by atoms with Gasteiger partial charge in [-0.3, -0.25) is 0 Å². The minimum atomic E-state index is -3.69. The van der Waals surface area contributed by atoms with E-state index in [1.807, 2.05) is 12.3 Å². The van der Waals surface area contributed by atoms with Crippen molar-refractivity contribution in [1.29, 1.82) is 0 Å². The smallest absolute Gasteiger partial charge is 0.247 e. The largest absolute Gasteiger partial charge is 0.497 e. The number of aromatic nitrogens is 2. The summed E-state index contributed by atoms with van der Waals surface area (Å²) < 4.78 is 38.8. The summed E-state index contributed by atoms with van der Waals surface area (Å²) in [5.74, 6) is 1.64. The fourth-order valence-corrected chi connectivity index (χ4v) is 6.20. The summed E-state index contributed by atoms with van der Waals surface area (Å²) in [6.07, 6.45) is 4.52. The van der Waals surface area contributed by atoms with Gasteiger partial charge in [-0.1, -0.05) is 11.8 Å². The molecule has 3 aliphatic rings. The van der Waals surface area contributed by atoms with Crippen molar-refractivity contribution >= 4 is 27.6 Å². The zero-order valence-corrected chi connectivity index (χ0v) is 17.5. The highest BCUT2D eigenvalue weighted by Gasteiger charge is 2.52. The zero-order chi connectivity index (χ0) is 19.9. The molecular formula is C18H22N4O4S2. The van der Waals surface area contributed by atoms with Crippen LogP contribution in [0.5, 0.6) is 11.5 Å². The Morgan fingerprint density at radius 1 is 1.14 bits per heavy atom. The molecule has 3 fully saturated rings. The molecule has 150 valence electrons. The van der Waals surface area contributed by atoms with Crippen LogP contribution in [-0.4, -0.2) is 68.3 Å². The number of nitrogens with zero attached hydrogens (tertiary/aromatic N) is 4. The average Bonchev–Trinajstić information content (AvgIpc) is 2.73. The highest BCUT2D eigenvalue weighted by atomic mass is 32.2. The third-order valence-electron chi connectivity index (χ3n) is 5.18. The first kappa shape index (κ1) is 19.3. The molecule has 2 aromatic rings. The van der Waals surface area contributed by atoms with Crippen LogP contribution in [0.1, 0.15) is 6.42 Å². The second kappa shape index (κ2) is 7.41. The minimum Gasteiger partial charge on any atom is -0.497 e. The summed E-state index contributed by atoms with van der Waals surface area (Å²) in [6.45, 7) is 1.21. The van der Waals surface area contributed by atoms with Gasteiger partial charge in [0.1, 0.15) is 22.2 Å². The molecule has 0 spiro atoms. The molecule has 0 amide bonds. The van der Waals surface area contributed by atoms with Gasteiger partial charge < -0.3 is 14.4 Å². The van der Waals surface area contributed by atoms with E-state index < -0.39 is 10.0 Å². The van der Waals surface area contributed by atoms with Crippen molar-refractivity contribution in [3.8, 4) is 11.5 Å². The zero-order valence-electron chi connectivity index (χ0n) is 15.9. The van der Waals surface area contributed by atoms with E-state index in [1.54, 1.807) is 22.6 Å². The number of benzene rings is 1. The van der Waals surface area contributed by atoms with Crippen molar-refractivity contribution in [2.45, 2.75) is 28.6 Å². The van der Waals surface area contributed by atoms with E-state index in [0.717, 1.165) is 12.2 Å². The first-order valence-corrected chi connectivity index (χ1v) is 11.5. The molecule has 28 heavy (non-hydrogen) atoms. The van der Waals surface area contributed by atoms with E-state index in [1.165, 1.54) is 32.0 Å². The standard InChI is InChI=1S/C18H22N4O4S2/c1-25-14-4-5-15(26-2)16(9-14)28(23,24)22-12-8-13(22)11-21(10-12)17-6-7-19-18(20-17)27-3/h4-7,9,12-13H,8,10-11H2,1-3H3. The summed E-state index contributed by atoms with van der Waals surface area (Å²) >= 11 is 1.49. The molecule has 5 rings (SSSR count). The van der Waals surface area contributed by atoms with Gasteiger partial charge in [0.05, 0.1) is 14.2 Å². The molecule has 1 aromatic heterocycles. The molecular weight excluding hydrogens is 400 g/mol. The molecule has 2 unspecified atom stereocenters. The summed E-state index contributed by atoms with van der Waals surface area (Å²) in [6, 6.07) is 6.52. The van der Waals surface area contributed by atoms with E-state index in [2.05, 4.69) is 14.9 Å². The van der Waals surface area contributed by atoms with Crippen LogP contribution in [0.25, 0.3) is 0 Å². The van der Waals surface area contributed by atoms with Crippen molar-refractivity contribution in [2.24, 2.45) is 0 Å². The van der Waals surface area contributed by atoms with Crippen LogP contribution >= 0.6 is 11.8 Å². The molecule has 0 radical (unpaired) electrons. The van der Waals surface area contributed by atoms with E-state index in [-0.39, 0.29) is 17.0 Å². The van der Waals surface area contributed by atoms with Crippen LogP contribution in [-0.2, 0) is 10.0 Å². The minimum absolute atomic E-state index is 0.0904. The van der Waals surface area contributed by atoms with Gasteiger partial charge >= 0.3 is 0 Å². The summed E-state index contributed by atoms with van der Waals surface area (Å²) in [5.41, 5.74) is 0. The van der Waals surface area contributed by atoms with Crippen molar-refractivity contribution in [3.05, 3.63) is 30.5 Å². The lowest BCUT2D eigenvalue weighted by molar-refractivity contribution is 0.0871. The first-order valence-electron chi connectivity index (χ1n) is 8.85. The second-order valence-corrected chi connectivity index (χ2v) is 9.29. The van der Waals surface area contributed by atoms with Crippen molar-refractivity contribution in [1.82, 2.24) is 14.3 Å². The summed E-state index contributed by atoms with van der Waals surface area (Å²) in [5, 5.41) is 0.711. The highest BCUT2D eigenvalue weighted by Crippen LogP contribution is 2.41. The van der Waals surface area contributed by atoms with E-state index in [4.69, 9.17) is 9.47 Å². The number of piperazine rings is 1. The van der Waals surface area contributed by atoms with Crippen LogP contribution in [0.3, 0.4) is 0 Å². The van der Waals surface area contributed by atoms with Gasteiger partial charge in [0.15, 0.2) is 5.16 Å². The molecule has 1 aromatic carbocycles. The van der Waals surface area contributed by atoms with Gasteiger partial charge in [0.25, 0.3) is 0 Å². The Morgan fingerprint density at radius 3 is 2.54 bits per heavy atom. The number of rotatable bonds is 6. The van der Waals surface area contributed by atoms with E-state index in [9.17, 15) is 8.42 Å². The fraction of sp³-hybridized carbons (Fsp3) is 0.444. The normalized spacial score (nSPS) is 21.9. The second-order valence-electron chi connectivity index (χ2n) is 6.70. The predicted molar refractivity (Wildman–Crippen MR) is 107 cm³/mol. The summed E-state index contributed by atoms with van der Waals surface area (Å²) in [7, 11) is -0.707. The highest BCUT2D eigenvalue weighted by molar-refractivity contribution is 7.98. The van der Waals surface area contributed by atoms with Gasteiger partial charge in [0, 0.05) is 37.4 Å². The van der Waals surface area contributed by atoms with Gasteiger partial charge in [0.2, 0.25) is 10.0 Å². The van der Waals surface area contributed by atoms with Crippen molar-refractivity contribution in [2.75, 3.05) is 38.5 Å². The molecule has 0 aliphatic carbocycles. The van der Waals surface area contributed by atoms with Crippen LogP contribution < -0.4 is 14.4 Å². The molecule has 2 atom stereocenters. The molecule has 3 aliphatic heterocycles. The lowest BCUT2D eigenvalue weighted by atomic mass is 9.91. The van der Waals surface area contributed by atoms with Gasteiger partial charge in [-0.05, 0) is 30.9 Å². The lowest BCUT2D eigenvalue weighted by Gasteiger charge is -2.55. The van der Waals surface area contributed by atoms with Crippen LogP contribution in [0.2, 0.25) is 0 Å². The maximum Gasteiger partial charge on any atom is 0.247 e. The number of ether oxygens (including phenoxy) is 2. The van der Waals surface area contributed by atoms with Crippen molar-refractivity contribution < 1.29 is 17.9 Å². The maximum absolute atomic E-state index is 13.4. The van der Waals surface area contributed by atoms with Gasteiger partial charge in [-0.2, -0.15) is 4.31 Å². The molecule has 0 saturated carbocycles. The number of hydrogen-bond donors (Lipinski definition) is 0. The van der Waals surface area contributed by atoms with Crippen LogP contribution in [0.4, 0.5) is 5.82 Å². The summed E-state index contributed by atoms with van der Waals surface area (Å²) in [4.78, 5) is 11.0. The molecule has 8 nitrogen and oxygen atoms in total. The topological polar surface area (TPSA) is 84.9 Å². The molecule has 4 heterocycles. The number of thioether (sulfide) groups is 1. The number of piperidine rings is 1. The quantitative estimate of drug-likeness (QED) is 0.515. The average molecular weight is 423 g/mol. The maximum atomic E-state index is 13.4. The first-order chi connectivity index (χ1) is 13.5. The van der Waals surface area contributed by atoms with Gasteiger partial charge in [-0.15, -0.1) is 0 Å². The van der Waals surface area contributed by atoms with Crippen LogP contribution in [0, 0.1) is 0 Å². The number of sulfonamides is 1. The Kier molecular flexibility index (Phi) is 5.11. The predicted octanol–water partition coefficient (Wildman–Crippen LogP) is 1.87. The number of methoxy groups -OCH3 is 2. The fourth-order valence-electron chi connectivity index (χ4n) is 3.86. The Balaban J connectivity index is 1.59. The molecule has 3 saturated heterocycles. The van der Waals surface area contributed by atoms with Crippen LogP contribution in [0.15, 0.2) is 40.5 Å². The monoisotopic (exact) mass is 422 g/mol. The number of fused-ring (bicyclic) bond motifs is 2. The third-order valence-corrected chi connectivity index (χ3v) is 7.77. The Labute approximate surface area is 168 Å². The van der Waals surface area contributed by atoms with E-state index in [0.29, 0.717) is 29.7 Å². The van der Waals surface area contributed by atoms with Gasteiger partial charge in [-0.25, -0.2) is 18.4 Å². The Morgan fingerprint density at radius 2 is 1.89 bits per heavy atom. The Bertz CT molecular complexity index is 973. The van der Waals surface area contributed by atoms with Crippen molar-refractivity contribution in [3.63, 3.8) is 0 Å². The SMILES string of the molecule is COc1ccc(OC)c(S(=O)(=O)N2C3CC2CN(c2ccnc(SC)n2)C3)c1. The lowest BCUT2D eigenvalue weighted by Crippen LogP contribution is -2.70. The number of hydrogen-bond acceptors (Lipinski definition) is 8. The number of anilines is 1. The molecule has 10 heteroatoms. The molecule has 2 bridgehead atoms. The molecule has 0 N–H and O–H groups in total. The third kappa shape index (κ3) is 3.19.